The first-order valence-corrected chi connectivity index (χ1v) is 8.33. The first-order valence-electron chi connectivity index (χ1n) is 7.45. The van der Waals surface area contributed by atoms with E-state index in [4.69, 9.17) is 19.8 Å². The van der Waals surface area contributed by atoms with Crippen molar-refractivity contribution in [3.05, 3.63) is 46.2 Å². The largest absolute Gasteiger partial charge is 0.485 e. The SMILES string of the molecule is CC(Oc1ccsc1C(=O)O)C1CN(c2ccc(C#N)cc2)C(=O)O1. The monoisotopic (exact) mass is 358 g/mol. The standard InChI is InChI=1S/C17H14N2O5S/c1-10(23-13-6-7-25-15(13)16(20)21)14-9-19(17(22)24-14)12-4-2-11(8-18)3-5-12/h2-7,10,14H,9H2,1H3,(H,20,21). The highest BCUT2D eigenvalue weighted by molar-refractivity contribution is 7.12. The van der Waals surface area contributed by atoms with Gasteiger partial charge in [0, 0.05) is 5.69 Å². The van der Waals surface area contributed by atoms with E-state index in [0.29, 0.717) is 11.3 Å². The molecule has 0 bridgehead atoms. The molecular weight excluding hydrogens is 344 g/mol. The van der Waals surface area contributed by atoms with E-state index in [9.17, 15) is 9.59 Å². The van der Waals surface area contributed by atoms with Crippen LogP contribution >= 0.6 is 11.3 Å². The number of hydrogen-bond donors (Lipinski definition) is 1. The maximum Gasteiger partial charge on any atom is 0.414 e. The Morgan fingerprint density at radius 3 is 2.80 bits per heavy atom. The van der Waals surface area contributed by atoms with Crippen LogP contribution in [0, 0.1) is 11.3 Å². The van der Waals surface area contributed by atoms with Gasteiger partial charge >= 0.3 is 12.1 Å². The Hall–Kier alpha value is -3.05. The molecule has 128 valence electrons. The van der Waals surface area contributed by atoms with Crippen molar-refractivity contribution in [2.45, 2.75) is 19.1 Å². The second kappa shape index (κ2) is 6.83. The van der Waals surface area contributed by atoms with Crippen LogP contribution in [0.5, 0.6) is 5.75 Å². The number of carboxylic acid groups (broad SMARTS) is 1. The third-order valence-electron chi connectivity index (χ3n) is 3.80. The summed E-state index contributed by atoms with van der Waals surface area (Å²) in [6, 6.07) is 10.2. The molecule has 1 aromatic heterocycles. The molecule has 2 aromatic rings. The van der Waals surface area contributed by atoms with Crippen LogP contribution in [-0.4, -0.2) is 35.9 Å². The van der Waals surface area contributed by atoms with Gasteiger partial charge in [-0.15, -0.1) is 11.3 Å². The number of hydrogen-bond acceptors (Lipinski definition) is 6. The molecule has 0 aliphatic carbocycles. The quantitative estimate of drug-likeness (QED) is 0.881. The van der Waals surface area contributed by atoms with Gasteiger partial charge in [0.05, 0.1) is 18.2 Å². The summed E-state index contributed by atoms with van der Waals surface area (Å²) in [4.78, 5) is 24.8. The van der Waals surface area contributed by atoms with E-state index in [-0.39, 0.29) is 17.2 Å². The normalized spacial score (nSPS) is 17.7. The van der Waals surface area contributed by atoms with Crippen LogP contribution in [0.1, 0.15) is 22.2 Å². The lowest BCUT2D eigenvalue weighted by Crippen LogP contribution is -2.33. The van der Waals surface area contributed by atoms with Gasteiger partial charge in [0.15, 0.2) is 11.0 Å². The van der Waals surface area contributed by atoms with Gasteiger partial charge in [-0.05, 0) is 42.6 Å². The van der Waals surface area contributed by atoms with E-state index in [0.717, 1.165) is 11.3 Å². The van der Waals surface area contributed by atoms with Gasteiger partial charge in [0.1, 0.15) is 11.9 Å². The van der Waals surface area contributed by atoms with Crippen LogP contribution < -0.4 is 9.64 Å². The number of rotatable bonds is 5. The van der Waals surface area contributed by atoms with Crippen molar-refractivity contribution in [3.8, 4) is 11.8 Å². The summed E-state index contributed by atoms with van der Waals surface area (Å²) in [7, 11) is 0. The summed E-state index contributed by atoms with van der Waals surface area (Å²) in [6.07, 6.45) is -1.56. The Balaban J connectivity index is 1.70. The Kier molecular flexibility index (Phi) is 4.59. The van der Waals surface area contributed by atoms with Gasteiger partial charge in [-0.2, -0.15) is 5.26 Å². The number of carboxylic acids is 1. The second-order valence-corrected chi connectivity index (χ2v) is 6.35. The number of nitrogens with zero attached hydrogens (tertiary/aromatic N) is 2. The number of aromatic carboxylic acids is 1. The molecule has 1 aliphatic rings. The van der Waals surface area contributed by atoms with Crippen LogP contribution in [0.25, 0.3) is 0 Å². The van der Waals surface area contributed by atoms with Gasteiger partial charge in [-0.25, -0.2) is 9.59 Å². The maximum absolute atomic E-state index is 12.1. The fourth-order valence-electron chi connectivity index (χ4n) is 2.48. The average molecular weight is 358 g/mol. The van der Waals surface area contributed by atoms with Crippen molar-refractivity contribution in [1.29, 1.82) is 5.26 Å². The summed E-state index contributed by atoms with van der Waals surface area (Å²) in [5.41, 5.74) is 1.13. The fraction of sp³-hybridized carbons (Fsp3) is 0.235. The molecule has 1 amide bonds. The lowest BCUT2D eigenvalue weighted by Gasteiger charge is -2.19. The number of carbonyl (C=O) groups excluding carboxylic acids is 1. The van der Waals surface area contributed by atoms with Gasteiger partial charge in [-0.1, -0.05) is 0 Å². The molecule has 1 aromatic carbocycles. The van der Waals surface area contributed by atoms with Gasteiger partial charge < -0.3 is 14.6 Å². The van der Waals surface area contributed by atoms with Crippen molar-refractivity contribution in [1.82, 2.24) is 0 Å². The van der Waals surface area contributed by atoms with Crippen molar-refractivity contribution in [2.75, 3.05) is 11.4 Å². The Morgan fingerprint density at radius 2 is 2.16 bits per heavy atom. The smallest absolute Gasteiger partial charge is 0.414 e. The van der Waals surface area contributed by atoms with E-state index in [1.165, 1.54) is 4.90 Å². The summed E-state index contributed by atoms with van der Waals surface area (Å²) >= 11 is 1.07. The predicted molar refractivity (Wildman–Crippen MR) is 90.1 cm³/mol. The van der Waals surface area contributed by atoms with Crippen molar-refractivity contribution >= 4 is 29.1 Å². The Labute approximate surface area is 147 Å². The van der Waals surface area contributed by atoms with Crippen LogP contribution in [0.15, 0.2) is 35.7 Å². The van der Waals surface area contributed by atoms with Crippen molar-refractivity contribution in [3.63, 3.8) is 0 Å². The number of ether oxygens (including phenoxy) is 2. The summed E-state index contributed by atoms with van der Waals surface area (Å²) in [5, 5.41) is 19.6. The molecule has 8 heteroatoms. The first kappa shape index (κ1) is 16.8. The van der Waals surface area contributed by atoms with Gasteiger partial charge in [-0.3, -0.25) is 4.90 Å². The molecule has 0 radical (unpaired) electrons. The molecule has 3 rings (SSSR count). The zero-order valence-electron chi connectivity index (χ0n) is 13.2. The Bertz CT molecular complexity index is 839. The highest BCUT2D eigenvalue weighted by Gasteiger charge is 2.37. The molecular formula is C17H14N2O5S. The third kappa shape index (κ3) is 3.41. The first-order chi connectivity index (χ1) is 12.0. The number of nitriles is 1. The molecule has 2 unspecified atom stereocenters. The highest BCUT2D eigenvalue weighted by atomic mass is 32.1. The van der Waals surface area contributed by atoms with Crippen LogP contribution in [-0.2, 0) is 4.74 Å². The summed E-state index contributed by atoms with van der Waals surface area (Å²) in [5.74, 6) is -0.794. The summed E-state index contributed by atoms with van der Waals surface area (Å²) in [6.45, 7) is 2.00. The zero-order valence-corrected chi connectivity index (χ0v) is 14.0. The molecule has 2 heterocycles. The van der Waals surface area contributed by atoms with E-state index in [1.807, 2.05) is 6.07 Å². The van der Waals surface area contributed by atoms with Crippen LogP contribution in [0.4, 0.5) is 10.5 Å². The van der Waals surface area contributed by atoms with E-state index >= 15 is 0 Å². The van der Waals surface area contributed by atoms with Crippen molar-refractivity contribution < 1.29 is 24.2 Å². The number of benzene rings is 1. The topological polar surface area (TPSA) is 99.9 Å². The number of carbonyl (C=O) groups is 2. The highest BCUT2D eigenvalue weighted by Crippen LogP contribution is 2.29. The molecule has 0 spiro atoms. The maximum atomic E-state index is 12.1. The molecule has 0 saturated carbocycles. The molecule has 25 heavy (non-hydrogen) atoms. The number of anilines is 1. The third-order valence-corrected chi connectivity index (χ3v) is 4.69. The minimum atomic E-state index is -1.06. The minimum Gasteiger partial charge on any atom is -0.485 e. The summed E-state index contributed by atoms with van der Waals surface area (Å²) < 4.78 is 11.0. The number of cyclic esters (lactones) is 1. The molecule has 1 fully saturated rings. The van der Waals surface area contributed by atoms with E-state index in [1.54, 1.807) is 42.6 Å². The van der Waals surface area contributed by atoms with E-state index in [2.05, 4.69) is 0 Å². The number of amides is 1. The molecule has 1 N–H and O–H groups in total. The van der Waals surface area contributed by atoms with Crippen LogP contribution in [0.2, 0.25) is 0 Å². The average Bonchev–Trinajstić information content (AvgIpc) is 3.21. The molecule has 1 aliphatic heterocycles. The van der Waals surface area contributed by atoms with E-state index < -0.39 is 24.3 Å². The number of thiophene rings is 1. The zero-order chi connectivity index (χ0) is 18.0. The lowest BCUT2D eigenvalue weighted by atomic mass is 10.2. The Morgan fingerprint density at radius 1 is 1.44 bits per heavy atom. The fourth-order valence-corrected chi connectivity index (χ4v) is 3.14. The molecule has 7 nitrogen and oxygen atoms in total. The van der Waals surface area contributed by atoms with Gasteiger partial charge in [0.25, 0.3) is 0 Å². The second-order valence-electron chi connectivity index (χ2n) is 5.43. The molecule has 2 atom stereocenters. The minimum absolute atomic E-state index is 0.111. The lowest BCUT2D eigenvalue weighted by molar-refractivity contribution is 0.0550. The molecule has 1 saturated heterocycles. The van der Waals surface area contributed by atoms with Crippen LogP contribution in [0.3, 0.4) is 0 Å². The van der Waals surface area contributed by atoms with Gasteiger partial charge in [0.2, 0.25) is 0 Å². The van der Waals surface area contributed by atoms with Crippen molar-refractivity contribution in [2.24, 2.45) is 0 Å². The predicted octanol–water partition coefficient (Wildman–Crippen LogP) is 3.11.